The number of fused-ring (bicyclic) bond motifs is 1. The number of para-hydroxylation sites is 2. The van der Waals surface area contributed by atoms with Crippen LogP contribution in [-0.2, 0) is 0 Å². The third kappa shape index (κ3) is 1.89. The van der Waals surface area contributed by atoms with Crippen LogP contribution in [0.1, 0.15) is 5.56 Å². The summed E-state index contributed by atoms with van der Waals surface area (Å²) in [7, 11) is 0. The number of halogens is 1. The number of imidazole rings is 1. The van der Waals surface area contributed by atoms with Crippen molar-refractivity contribution in [2.24, 2.45) is 0 Å². The number of aromatic nitrogens is 2. The quantitative estimate of drug-likeness (QED) is 0.675. The Morgan fingerprint density at radius 2 is 1.95 bits per heavy atom. The molecule has 1 N–H and O–H groups in total. The normalized spacial score (nSPS) is 10.5. The van der Waals surface area contributed by atoms with Gasteiger partial charge >= 0.3 is 0 Å². The molecule has 3 rings (SSSR count). The third-order valence-electron chi connectivity index (χ3n) is 2.93. The summed E-state index contributed by atoms with van der Waals surface area (Å²) in [6.07, 6.45) is 0. The highest BCUT2D eigenvalue weighted by molar-refractivity contribution is 9.10. The monoisotopic (exact) mass is 329 g/mol. The van der Waals surface area contributed by atoms with E-state index in [1.54, 1.807) is 6.07 Å². The van der Waals surface area contributed by atoms with Gasteiger partial charge in [-0.1, -0.05) is 18.2 Å². The van der Waals surface area contributed by atoms with Crippen molar-refractivity contribution in [1.82, 2.24) is 9.55 Å². The zero-order chi connectivity index (χ0) is 13.4. The summed E-state index contributed by atoms with van der Waals surface area (Å²) in [4.78, 5) is 3.11. The Morgan fingerprint density at radius 1 is 1.16 bits per heavy atom. The Bertz CT molecular complexity index is 870. The molecule has 1 heterocycles. The highest BCUT2D eigenvalue weighted by Gasteiger charge is 2.11. The number of H-pyrrole nitrogens is 1. The lowest BCUT2D eigenvalue weighted by molar-refractivity contribution is 1.06. The van der Waals surface area contributed by atoms with E-state index in [2.05, 4.69) is 27.0 Å². The van der Waals surface area contributed by atoms with E-state index in [1.165, 1.54) is 0 Å². The van der Waals surface area contributed by atoms with Gasteiger partial charge in [-0.3, -0.25) is 4.57 Å². The first-order valence-electron chi connectivity index (χ1n) is 5.61. The second kappa shape index (κ2) is 4.65. The molecule has 0 aliphatic carbocycles. The maximum absolute atomic E-state index is 9.14. The minimum atomic E-state index is 0.574. The first-order chi connectivity index (χ1) is 9.22. The lowest BCUT2D eigenvalue weighted by Gasteiger charge is -2.06. The molecule has 0 saturated carbocycles. The van der Waals surface area contributed by atoms with Gasteiger partial charge in [-0.2, -0.15) is 5.26 Å². The number of hydrogen-bond acceptors (Lipinski definition) is 2. The number of aromatic amines is 1. The van der Waals surface area contributed by atoms with Gasteiger partial charge in [0.15, 0.2) is 4.77 Å². The molecule has 0 atom stereocenters. The van der Waals surface area contributed by atoms with Crippen molar-refractivity contribution >= 4 is 39.2 Å². The van der Waals surface area contributed by atoms with Crippen molar-refractivity contribution in [1.29, 1.82) is 5.26 Å². The number of nitriles is 1. The van der Waals surface area contributed by atoms with Crippen LogP contribution in [0.4, 0.5) is 0 Å². The number of hydrogen-bond donors (Lipinski definition) is 1. The number of nitrogens with zero attached hydrogens (tertiary/aromatic N) is 2. The molecule has 0 amide bonds. The molecule has 5 heteroatoms. The van der Waals surface area contributed by atoms with Gasteiger partial charge in [0.05, 0.1) is 22.3 Å². The van der Waals surface area contributed by atoms with Crippen LogP contribution in [0.3, 0.4) is 0 Å². The number of benzene rings is 2. The second-order valence-electron chi connectivity index (χ2n) is 4.03. The van der Waals surface area contributed by atoms with Crippen LogP contribution in [0.25, 0.3) is 16.7 Å². The van der Waals surface area contributed by atoms with Crippen molar-refractivity contribution in [2.75, 3.05) is 0 Å². The topological polar surface area (TPSA) is 44.5 Å². The average Bonchev–Trinajstić information content (AvgIpc) is 2.75. The summed E-state index contributed by atoms with van der Waals surface area (Å²) >= 11 is 8.91. The summed E-state index contributed by atoms with van der Waals surface area (Å²) < 4.78 is 3.45. The van der Waals surface area contributed by atoms with Crippen LogP contribution in [-0.4, -0.2) is 9.55 Å². The summed E-state index contributed by atoms with van der Waals surface area (Å²) in [5.74, 6) is 0. The van der Waals surface area contributed by atoms with Crippen LogP contribution in [0.5, 0.6) is 0 Å². The van der Waals surface area contributed by atoms with Crippen LogP contribution in [0.2, 0.25) is 0 Å². The van der Waals surface area contributed by atoms with Crippen molar-refractivity contribution < 1.29 is 0 Å². The van der Waals surface area contributed by atoms with Crippen LogP contribution >= 0.6 is 28.1 Å². The third-order valence-corrected chi connectivity index (χ3v) is 3.89. The number of rotatable bonds is 1. The predicted molar refractivity (Wildman–Crippen MR) is 80.9 cm³/mol. The van der Waals surface area contributed by atoms with E-state index in [1.807, 2.05) is 41.0 Å². The SMILES string of the molecule is N#Cc1cccc2c1[nH]c(=S)n2-c1ccccc1Br. The Morgan fingerprint density at radius 3 is 2.68 bits per heavy atom. The maximum atomic E-state index is 9.14. The molecule has 2 aromatic carbocycles. The Hall–Kier alpha value is -1.90. The molecule has 92 valence electrons. The van der Waals surface area contributed by atoms with Crippen LogP contribution < -0.4 is 0 Å². The maximum Gasteiger partial charge on any atom is 0.182 e. The Kier molecular flexibility index (Phi) is 2.97. The van der Waals surface area contributed by atoms with E-state index in [4.69, 9.17) is 17.5 Å². The van der Waals surface area contributed by atoms with E-state index < -0.39 is 0 Å². The van der Waals surface area contributed by atoms with E-state index in [-0.39, 0.29) is 0 Å². The molecular formula is C14H8BrN3S. The molecular weight excluding hydrogens is 322 g/mol. The Balaban J connectivity index is 2.44. The van der Waals surface area contributed by atoms with Crippen molar-refractivity contribution in [3.8, 4) is 11.8 Å². The average molecular weight is 330 g/mol. The van der Waals surface area contributed by atoms with E-state index >= 15 is 0 Å². The molecule has 0 bridgehead atoms. The van der Waals surface area contributed by atoms with Crippen LogP contribution in [0.15, 0.2) is 46.9 Å². The van der Waals surface area contributed by atoms with Gasteiger partial charge in [-0.05, 0) is 52.4 Å². The smallest absolute Gasteiger partial charge is 0.182 e. The molecule has 0 aliphatic heterocycles. The molecule has 19 heavy (non-hydrogen) atoms. The lowest BCUT2D eigenvalue weighted by Crippen LogP contribution is -1.94. The molecule has 0 fully saturated rings. The minimum Gasteiger partial charge on any atom is -0.329 e. The summed E-state index contributed by atoms with van der Waals surface area (Å²) in [6, 6.07) is 15.6. The van der Waals surface area contributed by atoms with Gasteiger partial charge in [0.25, 0.3) is 0 Å². The molecule has 0 spiro atoms. The lowest BCUT2D eigenvalue weighted by atomic mass is 10.2. The molecule has 0 radical (unpaired) electrons. The summed E-state index contributed by atoms with van der Waals surface area (Å²) in [6.45, 7) is 0. The highest BCUT2D eigenvalue weighted by atomic mass is 79.9. The fourth-order valence-electron chi connectivity index (χ4n) is 2.10. The molecule has 3 nitrogen and oxygen atoms in total. The van der Waals surface area contributed by atoms with Gasteiger partial charge in [0.2, 0.25) is 0 Å². The molecule has 0 aliphatic rings. The largest absolute Gasteiger partial charge is 0.329 e. The van der Waals surface area contributed by atoms with Gasteiger partial charge < -0.3 is 4.98 Å². The molecule has 3 aromatic rings. The van der Waals surface area contributed by atoms with Gasteiger partial charge in [-0.25, -0.2) is 0 Å². The second-order valence-corrected chi connectivity index (χ2v) is 5.27. The predicted octanol–water partition coefficient (Wildman–Crippen LogP) is 4.32. The van der Waals surface area contributed by atoms with E-state index in [9.17, 15) is 0 Å². The fourth-order valence-corrected chi connectivity index (χ4v) is 2.86. The Labute approximate surface area is 123 Å². The zero-order valence-corrected chi connectivity index (χ0v) is 12.1. The highest BCUT2D eigenvalue weighted by Crippen LogP contribution is 2.26. The molecule has 1 aromatic heterocycles. The van der Waals surface area contributed by atoms with Crippen LogP contribution in [0, 0.1) is 16.1 Å². The first-order valence-corrected chi connectivity index (χ1v) is 6.81. The van der Waals surface area contributed by atoms with E-state index in [0.717, 1.165) is 21.2 Å². The van der Waals surface area contributed by atoms with Gasteiger partial charge in [0, 0.05) is 4.47 Å². The van der Waals surface area contributed by atoms with Crippen molar-refractivity contribution in [3.63, 3.8) is 0 Å². The zero-order valence-electron chi connectivity index (χ0n) is 9.72. The molecule has 0 saturated heterocycles. The fraction of sp³-hybridized carbons (Fsp3) is 0. The molecule has 0 unspecified atom stereocenters. The summed E-state index contributed by atoms with van der Waals surface area (Å²) in [5, 5.41) is 9.14. The van der Waals surface area contributed by atoms with Crippen molar-refractivity contribution in [3.05, 3.63) is 57.3 Å². The minimum absolute atomic E-state index is 0.574. The standard InChI is InChI=1S/C14H8BrN3S/c15-10-5-1-2-6-11(10)18-12-7-3-4-9(8-16)13(12)17-14(18)19/h1-7H,(H,17,19). The van der Waals surface area contributed by atoms with Crippen molar-refractivity contribution in [2.45, 2.75) is 0 Å². The number of nitrogens with one attached hydrogen (secondary N) is 1. The van der Waals surface area contributed by atoms with Gasteiger partial charge in [-0.15, -0.1) is 0 Å². The summed E-state index contributed by atoms with van der Waals surface area (Å²) in [5.41, 5.74) is 3.21. The first kappa shape index (κ1) is 12.2. The van der Waals surface area contributed by atoms with Gasteiger partial charge in [0.1, 0.15) is 6.07 Å². The van der Waals surface area contributed by atoms with E-state index in [0.29, 0.717) is 10.3 Å².